The quantitative estimate of drug-likeness (QED) is 0.858. The second-order valence-corrected chi connectivity index (χ2v) is 4.77. The fourth-order valence-electron chi connectivity index (χ4n) is 2.46. The number of aromatic nitrogens is 1. The second-order valence-electron chi connectivity index (χ2n) is 4.77. The van der Waals surface area contributed by atoms with E-state index in [4.69, 9.17) is 10.5 Å². The summed E-state index contributed by atoms with van der Waals surface area (Å²) in [4.78, 5) is 6.70. The number of rotatable bonds is 4. The van der Waals surface area contributed by atoms with E-state index >= 15 is 0 Å². The van der Waals surface area contributed by atoms with E-state index in [1.165, 1.54) is 12.0 Å². The Morgan fingerprint density at radius 2 is 2.41 bits per heavy atom. The van der Waals surface area contributed by atoms with Gasteiger partial charge in [0, 0.05) is 31.4 Å². The Morgan fingerprint density at radius 1 is 1.59 bits per heavy atom. The zero-order valence-corrected chi connectivity index (χ0v) is 10.6. The van der Waals surface area contributed by atoms with Gasteiger partial charge in [-0.05, 0) is 24.4 Å². The molecule has 2 heterocycles. The van der Waals surface area contributed by atoms with Gasteiger partial charge in [-0.3, -0.25) is 4.90 Å². The summed E-state index contributed by atoms with van der Waals surface area (Å²) in [6.07, 6.45) is 3.14. The first kappa shape index (κ1) is 12.3. The summed E-state index contributed by atoms with van der Waals surface area (Å²) in [5.41, 5.74) is 7.08. The molecule has 94 valence electrons. The lowest BCUT2D eigenvalue weighted by molar-refractivity contribution is 0.243. The van der Waals surface area contributed by atoms with Crippen LogP contribution in [0.2, 0.25) is 0 Å². The van der Waals surface area contributed by atoms with E-state index in [0.717, 1.165) is 19.0 Å². The highest BCUT2D eigenvalue weighted by Crippen LogP contribution is 2.26. The summed E-state index contributed by atoms with van der Waals surface area (Å²) >= 11 is 0. The van der Waals surface area contributed by atoms with E-state index in [9.17, 15) is 0 Å². The Hall–Kier alpha value is -1.13. The monoisotopic (exact) mass is 235 g/mol. The molecule has 0 radical (unpaired) electrons. The summed E-state index contributed by atoms with van der Waals surface area (Å²) in [7, 11) is 1.63. The lowest BCUT2D eigenvalue weighted by Gasteiger charge is -2.26. The van der Waals surface area contributed by atoms with Crippen LogP contribution in [0.4, 0.5) is 0 Å². The topological polar surface area (TPSA) is 51.4 Å². The molecule has 1 aromatic rings. The molecule has 4 heteroatoms. The molecule has 1 aromatic heterocycles. The maximum absolute atomic E-state index is 5.90. The Labute approximate surface area is 103 Å². The third kappa shape index (κ3) is 2.76. The molecule has 1 fully saturated rings. The highest BCUT2D eigenvalue weighted by Gasteiger charge is 2.26. The number of nitrogens with two attached hydrogens (primary N) is 1. The fraction of sp³-hybridized carbons (Fsp3) is 0.615. The highest BCUT2D eigenvalue weighted by molar-refractivity contribution is 5.21. The van der Waals surface area contributed by atoms with Crippen LogP contribution in [0.15, 0.2) is 18.3 Å². The van der Waals surface area contributed by atoms with Gasteiger partial charge in [0.2, 0.25) is 5.88 Å². The van der Waals surface area contributed by atoms with Crippen LogP contribution in [0.1, 0.15) is 24.9 Å². The van der Waals surface area contributed by atoms with Gasteiger partial charge in [0.15, 0.2) is 0 Å². The van der Waals surface area contributed by atoms with Crippen molar-refractivity contribution in [2.75, 3.05) is 26.7 Å². The third-order valence-corrected chi connectivity index (χ3v) is 3.47. The van der Waals surface area contributed by atoms with Gasteiger partial charge < -0.3 is 10.5 Å². The van der Waals surface area contributed by atoms with Crippen molar-refractivity contribution in [3.63, 3.8) is 0 Å². The minimum Gasteiger partial charge on any atom is -0.481 e. The number of nitrogens with zero attached hydrogens (tertiary/aromatic N) is 2. The smallest absolute Gasteiger partial charge is 0.212 e. The molecule has 1 aliphatic rings. The van der Waals surface area contributed by atoms with Crippen LogP contribution in [-0.2, 0) is 0 Å². The minimum absolute atomic E-state index is 0.290. The summed E-state index contributed by atoms with van der Waals surface area (Å²) in [6.45, 7) is 5.20. The molecule has 0 aromatic carbocycles. The average Bonchev–Trinajstić information content (AvgIpc) is 2.78. The molecular formula is C13H21N3O. The van der Waals surface area contributed by atoms with Crippen LogP contribution in [0, 0.1) is 5.92 Å². The Morgan fingerprint density at radius 3 is 2.88 bits per heavy atom. The Balaban J connectivity index is 2.11. The average molecular weight is 235 g/mol. The lowest BCUT2D eigenvalue weighted by atomic mass is 10.1. The molecular weight excluding hydrogens is 214 g/mol. The predicted molar refractivity (Wildman–Crippen MR) is 67.9 cm³/mol. The number of hydrogen-bond donors (Lipinski definition) is 1. The highest BCUT2D eigenvalue weighted by atomic mass is 16.5. The molecule has 0 bridgehead atoms. The largest absolute Gasteiger partial charge is 0.481 e. The standard InChI is InChI=1S/C13H21N3O/c1-10-5-6-16(9-10)12(7-14)11-3-4-13(17-2)15-8-11/h3-4,8,10,12H,5-7,9,14H2,1-2H3. The first-order chi connectivity index (χ1) is 8.24. The summed E-state index contributed by atoms with van der Waals surface area (Å²) in [5, 5.41) is 0. The molecule has 1 aliphatic heterocycles. The molecule has 0 spiro atoms. The molecule has 2 unspecified atom stereocenters. The van der Waals surface area contributed by atoms with Gasteiger partial charge >= 0.3 is 0 Å². The first-order valence-electron chi connectivity index (χ1n) is 6.18. The second kappa shape index (κ2) is 5.47. The van der Waals surface area contributed by atoms with E-state index in [1.54, 1.807) is 7.11 Å². The summed E-state index contributed by atoms with van der Waals surface area (Å²) < 4.78 is 5.07. The molecule has 17 heavy (non-hydrogen) atoms. The molecule has 4 nitrogen and oxygen atoms in total. The van der Waals surface area contributed by atoms with Crippen molar-refractivity contribution in [2.24, 2.45) is 11.7 Å². The van der Waals surface area contributed by atoms with Crippen molar-refractivity contribution in [3.05, 3.63) is 23.9 Å². The van der Waals surface area contributed by atoms with E-state index in [-0.39, 0.29) is 0 Å². The number of hydrogen-bond acceptors (Lipinski definition) is 4. The normalized spacial score (nSPS) is 22.6. The van der Waals surface area contributed by atoms with Crippen molar-refractivity contribution in [1.82, 2.24) is 9.88 Å². The zero-order valence-electron chi connectivity index (χ0n) is 10.6. The predicted octanol–water partition coefficient (Wildman–Crippen LogP) is 1.43. The van der Waals surface area contributed by atoms with Crippen molar-refractivity contribution in [1.29, 1.82) is 0 Å². The van der Waals surface area contributed by atoms with Crippen LogP contribution in [-0.4, -0.2) is 36.6 Å². The zero-order chi connectivity index (χ0) is 12.3. The van der Waals surface area contributed by atoms with Crippen LogP contribution in [0.25, 0.3) is 0 Å². The molecule has 0 amide bonds. The van der Waals surface area contributed by atoms with Gasteiger partial charge in [0.1, 0.15) is 0 Å². The Bertz CT molecular complexity index is 352. The third-order valence-electron chi connectivity index (χ3n) is 3.47. The Kier molecular flexibility index (Phi) is 3.97. The van der Waals surface area contributed by atoms with Crippen molar-refractivity contribution in [3.8, 4) is 5.88 Å². The van der Waals surface area contributed by atoms with Crippen molar-refractivity contribution < 1.29 is 4.74 Å². The number of ether oxygens (including phenoxy) is 1. The molecule has 0 aliphatic carbocycles. The molecule has 1 saturated heterocycles. The lowest BCUT2D eigenvalue weighted by Crippen LogP contribution is -2.32. The van der Waals surface area contributed by atoms with Gasteiger partial charge in [0.25, 0.3) is 0 Å². The molecule has 2 rings (SSSR count). The van der Waals surface area contributed by atoms with E-state index in [1.807, 2.05) is 12.3 Å². The summed E-state index contributed by atoms with van der Waals surface area (Å²) in [6, 6.07) is 4.25. The SMILES string of the molecule is COc1ccc(C(CN)N2CCC(C)C2)cn1. The first-order valence-corrected chi connectivity index (χ1v) is 6.18. The molecule has 2 atom stereocenters. The van der Waals surface area contributed by atoms with Crippen LogP contribution in [0.5, 0.6) is 5.88 Å². The van der Waals surface area contributed by atoms with Crippen LogP contribution < -0.4 is 10.5 Å². The maximum atomic E-state index is 5.90. The number of methoxy groups -OCH3 is 1. The van der Waals surface area contributed by atoms with Crippen molar-refractivity contribution in [2.45, 2.75) is 19.4 Å². The number of pyridine rings is 1. The van der Waals surface area contributed by atoms with E-state index in [2.05, 4.69) is 22.9 Å². The van der Waals surface area contributed by atoms with Gasteiger partial charge in [0.05, 0.1) is 7.11 Å². The van der Waals surface area contributed by atoms with Crippen LogP contribution >= 0.6 is 0 Å². The molecule has 0 saturated carbocycles. The molecule has 2 N–H and O–H groups in total. The van der Waals surface area contributed by atoms with Crippen LogP contribution in [0.3, 0.4) is 0 Å². The van der Waals surface area contributed by atoms with Gasteiger partial charge in [-0.25, -0.2) is 4.98 Å². The van der Waals surface area contributed by atoms with Crippen molar-refractivity contribution >= 4 is 0 Å². The van der Waals surface area contributed by atoms with E-state index < -0.39 is 0 Å². The minimum atomic E-state index is 0.290. The fourth-order valence-corrected chi connectivity index (χ4v) is 2.46. The number of likely N-dealkylation sites (tertiary alicyclic amines) is 1. The summed E-state index contributed by atoms with van der Waals surface area (Å²) in [5.74, 6) is 1.43. The van der Waals surface area contributed by atoms with Gasteiger partial charge in [-0.15, -0.1) is 0 Å². The van der Waals surface area contributed by atoms with Gasteiger partial charge in [-0.1, -0.05) is 13.0 Å². The van der Waals surface area contributed by atoms with Gasteiger partial charge in [-0.2, -0.15) is 0 Å². The maximum Gasteiger partial charge on any atom is 0.212 e. The van der Waals surface area contributed by atoms with E-state index in [0.29, 0.717) is 18.5 Å².